The van der Waals surface area contributed by atoms with Gasteiger partial charge in [-0.2, -0.15) is 0 Å². The minimum absolute atomic E-state index is 0.210. The van der Waals surface area contributed by atoms with Crippen LogP contribution in [0.4, 0.5) is 0 Å². The van der Waals surface area contributed by atoms with Crippen molar-refractivity contribution in [1.29, 1.82) is 0 Å². The zero-order valence-corrected chi connectivity index (χ0v) is 24.7. The summed E-state index contributed by atoms with van der Waals surface area (Å²) in [6.07, 6.45) is 2.53. The molecule has 1 aromatic heterocycles. The second-order valence-electron chi connectivity index (χ2n) is 11.8. The number of unbranched alkanes of at least 4 members (excludes halogenated alkanes) is 1. The van der Waals surface area contributed by atoms with Crippen molar-refractivity contribution in [2.75, 3.05) is 46.1 Å². The maximum atomic E-state index is 7.07. The number of likely N-dealkylation sites (N-methyl/N-ethyl adjacent to an activating group) is 1. The molecule has 1 saturated heterocycles. The summed E-state index contributed by atoms with van der Waals surface area (Å²) < 4.78 is 13.1. The van der Waals surface area contributed by atoms with Crippen molar-refractivity contribution in [3.63, 3.8) is 0 Å². The number of hydrogen-bond donors (Lipinski definition) is 2. The van der Waals surface area contributed by atoms with Gasteiger partial charge in [-0.25, -0.2) is 4.98 Å². The largest absolute Gasteiger partial charge is 0.471 e. The van der Waals surface area contributed by atoms with Crippen LogP contribution in [0.15, 0.2) is 53.4 Å². The van der Waals surface area contributed by atoms with Crippen molar-refractivity contribution < 1.29 is 14.0 Å². The normalized spacial score (nSPS) is 23.7. The van der Waals surface area contributed by atoms with Crippen LogP contribution in [0.2, 0.25) is 0 Å². The van der Waals surface area contributed by atoms with E-state index in [9.17, 15) is 0 Å². The van der Waals surface area contributed by atoms with Gasteiger partial charge in [-0.15, -0.1) is 11.8 Å². The number of hydrogen-bond acceptors (Lipinski definition) is 7. The van der Waals surface area contributed by atoms with Gasteiger partial charge in [0.2, 0.25) is 5.88 Å². The average molecular weight is 551 g/mol. The van der Waals surface area contributed by atoms with Crippen LogP contribution >= 0.6 is 11.8 Å². The molecule has 4 N–H and O–H groups in total. The molecule has 3 unspecified atom stereocenters. The van der Waals surface area contributed by atoms with E-state index in [0.29, 0.717) is 17.6 Å². The van der Waals surface area contributed by atoms with E-state index in [1.807, 2.05) is 17.8 Å². The molecule has 0 radical (unpaired) electrons. The molecule has 0 spiro atoms. The molecule has 210 valence electrons. The maximum absolute atomic E-state index is 7.07. The van der Waals surface area contributed by atoms with Crippen LogP contribution < -0.4 is 16.2 Å². The van der Waals surface area contributed by atoms with Crippen LogP contribution in [0, 0.1) is 6.92 Å². The molecule has 2 aromatic carbocycles. The van der Waals surface area contributed by atoms with Crippen molar-refractivity contribution in [3.8, 4) is 5.88 Å². The lowest BCUT2D eigenvalue weighted by Crippen LogP contribution is -2.83. The maximum Gasteiger partial charge on any atom is 0.221 e. The molecule has 1 fully saturated rings. The smallest absolute Gasteiger partial charge is 0.221 e. The van der Waals surface area contributed by atoms with Gasteiger partial charge < -0.3 is 25.4 Å². The summed E-state index contributed by atoms with van der Waals surface area (Å²) in [6.45, 7) is 8.16. The molecule has 2 aliphatic rings. The van der Waals surface area contributed by atoms with Crippen LogP contribution in [0.5, 0.6) is 5.88 Å². The minimum atomic E-state index is -0.646. The fourth-order valence-corrected chi connectivity index (χ4v) is 6.97. The highest BCUT2D eigenvalue weighted by Gasteiger charge is 2.58. The molecule has 0 aliphatic carbocycles. The Bertz CT molecular complexity index is 1300. The first-order valence-corrected chi connectivity index (χ1v) is 15.2. The van der Waals surface area contributed by atoms with Crippen LogP contribution in [0.25, 0.3) is 10.8 Å². The molecule has 39 heavy (non-hydrogen) atoms. The van der Waals surface area contributed by atoms with Crippen molar-refractivity contribution in [1.82, 2.24) is 9.88 Å². The summed E-state index contributed by atoms with van der Waals surface area (Å²) in [7, 11) is 4.39. The molecule has 0 bridgehead atoms. The first-order chi connectivity index (χ1) is 18.7. The second-order valence-corrected chi connectivity index (χ2v) is 12.9. The van der Waals surface area contributed by atoms with Gasteiger partial charge >= 0.3 is 0 Å². The first-order valence-electron chi connectivity index (χ1n) is 14.2. The van der Waals surface area contributed by atoms with Crippen LogP contribution in [0.1, 0.15) is 36.6 Å². The van der Waals surface area contributed by atoms with Gasteiger partial charge in [0.1, 0.15) is 37.7 Å². The summed E-state index contributed by atoms with van der Waals surface area (Å²) >= 11 is 1.91. The molecule has 3 aromatic rings. The number of quaternary nitrogens is 1. The summed E-state index contributed by atoms with van der Waals surface area (Å²) in [5.74, 6) is 1.73. The number of ether oxygens (including phenoxy) is 2. The summed E-state index contributed by atoms with van der Waals surface area (Å²) in [5, 5.41) is 2.23. The third kappa shape index (κ3) is 6.11. The number of thioether (sulfide) groups is 1. The van der Waals surface area contributed by atoms with Gasteiger partial charge in [-0.3, -0.25) is 4.90 Å². The van der Waals surface area contributed by atoms with Gasteiger partial charge in [-0.1, -0.05) is 43.7 Å². The van der Waals surface area contributed by atoms with E-state index in [2.05, 4.69) is 75.3 Å². The van der Waals surface area contributed by atoms with E-state index in [1.54, 1.807) is 0 Å². The van der Waals surface area contributed by atoms with Gasteiger partial charge in [0.15, 0.2) is 0 Å². The number of rotatable bonds is 10. The number of fused-ring (bicyclic) bond motifs is 2. The lowest BCUT2D eigenvalue weighted by Gasteiger charge is -2.56. The average Bonchev–Trinajstić information content (AvgIpc) is 3.13. The van der Waals surface area contributed by atoms with Crippen molar-refractivity contribution in [2.24, 2.45) is 11.5 Å². The number of nitrogens with two attached hydrogens (primary N) is 2. The number of benzene rings is 2. The van der Waals surface area contributed by atoms with Crippen LogP contribution in [-0.2, 0) is 17.7 Å². The Balaban J connectivity index is 1.25. The summed E-state index contributed by atoms with van der Waals surface area (Å²) in [5.41, 5.74) is 16.6. The Hall–Kier alpha value is -2.20. The van der Waals surface area contributed by atoms with E-state index in [-0.39, 0.29) is 6.23 Å². The molecule has 2 aliphatic heterocycles. The van der Waals surface area contributed by atoms with Crippen molar-refractivity contribution in [3.05, 3.63) is 65.4 Å². The fraction of sp³-hybridized carbons (Fsp3) is 0.516. The molecular weight excluding hydrogens is 506 g/mol. The van der Waals surface area contributed by atoms with Crippen molar-refractivity contribution >= 4 is 22.5 Å². The van der Waals surface area contributed by atoms with Gasteiger partial charge in [0, 0.05) is 34.8 Å². The SMILES string of the molecule is CCCCc1cc2ccccc2c(OCC[N+](C)(C)CC2(N)C(N)OC2N2CCSc3cccc(C)c3C2)n1. The number of nitrogens with zero attached hydrogens (tertiary/aromatic N) is 3. The summed E-state index contributed by atoms with van der Waals surface area (Å²) in [6, 6.07) is 17.1. The predicted octanol–water partition coefficient (Wildman–Crippen LogP) is 4.29. The van der Waals surface area contributed by atoms with Crippen LogP contribution in [-0.4, -0.2) is 78.5 Å². The zero-order valence-electron chi connectivity index (χ0n) is 23.9. The first kappa shape index (κ1) is 28.3. The number of pyridine rings is 1. The standard InChI is InChI=1S/C31H44N5O2S/c1-5-6-12-24-19-23-11-7-8-13-25(23)28(34-24)37-17-16-36(3,4)21-31(33)29(32)38-30(31)35-15-18-39-27-14-9-10-22(2)26(27)20-35/h7-11,13-14,19,29-30H,5-6,12,15-18,20-21,32-33H2,1-4H3/q+1. The molecule has 3 atom stereocenters. The van der Waals surface area contributed by atoms with Gasteiger partial charge in [0.25, 0.3) is 0 Å². The van der Waals surface area contributed by atoms with E-state index in [1.165, 1.54) is 21.4 Å². The Morgan fingerprint density at radius 2 is 2.03 bits per heavy atom. The third-order valence-electron chi connectivity index (χ3n) is 8.14. The minimum Gasteiger partial charge on any atom is -0.471 e. The number of aromatic nitrogens is 1. The lowest BCUT2D eigenvalue weighted by atomic mass is 9.87. The monoisotopic (exact) mass is 550 g/mol. The Morgan fingerprint density at radius 3 is 2.82 bits per heavy atom. The van der Waals surface area contributed by atoms with E-state index >= 15 is 0 Å². The Kier molecular flexibility index (Phi) is 8.52. The molecule has 0 amide bonds. The molecule has 3 heterocycles. The molecule has 8 heteroatoms. The molecule has 5 rings (SSSR count). The highest BCUT2D eigenvalue weighted by Crippen LogP contribution is 2.37. The molecule has 0 saturated carbocycles. The highest BCUT2D eigenvalue weighted by atomic mass is 32.2. The quantitative estimate of drug-likeness (QED) is 0.364. The third-order valence-corrected chi connectivity index (χ3v) is 9.22. The summed E-state index contributed by atoms with van der Waals surface area (Å²) in [4.78, 5) is 8.61. The van der Waals surface area contributed by atoms with Crippen LogP contribution in [0.3, 0.4) is 0 Å². The predicted molar refractivity (Wildman–Crippen MR) is 160 cm³/mol. The Morgan fingerprint density at radius 1 is 1.21 bits per heavy atom. The fourth-order valence-electron chi connectivity index (χ4n) is 5.85. The molecule has 7 nitrogen and oxygen atoms in total. The highest BCUT2D eigenvalue weighted by molar-refractivity contribution is 7.99. The second kappa shape index (κ2) is 11.7. The van der Waals surface area contributed by atoms with E-state index in [4.69, 9.17) is 25.9 Å². The van der Waals surface area contributed by atoms with Gasteiger partial charge in [0.05, 0.1) is 14.1 Å². The van der Waals surface area contributed by atoms with E-state index in [0.717, 1.165) is 61.6 Å². The zero-order chi connectivity index (χ0) is 27.6. The lowest BCUT2D eigenvalue weighted by molar-refractivity contribution is -0.896. The van der Waals surface area contributed by atoms with Gasteiger partial charge in [-0.05, 0) is 54.5 Å². The topological polar surface area (TPSA) is 86.6 Å². The number of aryl methyl sites for hydroxylation is 2. The van der Waals surface area contributed by atoms with E-state index < -0.39 is 11.8 Å². The Labute approximate surface area is 237 Å². The molecular formula is C31H44N5O2S+. The van der Waals surface area contributed by atoms with Crippen molar-refractivity contribution in [2.45, 2.75) is 62.5 Å².